The minimum absolute atomic E-state index is 0.132. The molecule has 2 N–H and O–H groups in total. The van der Waals surface area contributed by atoms with Crippen molar-refractivity contribution < 1.29 is 31.9 Å². The zero-order valence-corrected chi connectivity index (χ0v) is 12.5. The lowest BCUT2D eigenvalue weighted by Gasteiger charge is -2.20. The molecular weight excluding hydrogens is 332 g/mol. The molecule has 1 heterocycles. The van der Waals surface area contributed by atoms with Crippen LogP contribution in [0, 0.1) is 0 Å². The molecule has 1 aromatic rings. The highest BCUT2D eigenvalue weighted by atomic mass is 19.3. The van der Waals surface area contributed by atoms with E-state index in [0.29, 0.717) is 19.4 Å². The predicted molar refractivity (Wildman–Crippen MR) is 76.1 cm³/mol. The summed E-state index contributed by atoms with van der Waals surface area (Å²) in [6, 6.07) is 4.58. The molecule has 1 aliphatic heterocycles. The summed E-state index contributed by atoms with van der Waals surface area (Å²) in [5.74, 6) is -1.50. The summed E-state index contributed by atoms with van der Waals surface area (Å²) in [4.78, 5) is 23.5. The topological polar surface area (TPSA) is 67.4 Å². The van der Waals surface area contributed by atoms with Crippen LogP contribution in [0.4, 0.5) is 17.6 Å². The average Bonchev–Trinajstić information content (AvgIpc) is 2.72. The third-order valence-electron chi connectivity index (χ3n) is 3.50. The number of carbonyl (C=O) groups is 2. The largest absolute Gasteiger partial charge is 0.461 e. The molecule has 0 spiro atoms. The van der Waals surface area contributed by atoms with Crippen LogP contribution in [0.3, 0.4) is 0 Å². The molecule has 2 amide bonds. The van der Waals surface area contributed by atoms with E-state index in [9.17, 15) is 27.2 Å². The van der Waals surface area contributed by atoms with Crippen LogP contribution < -0.4 is 15.4 Å². The van der Waals surface area contributed by atoms with Crippen LogP contribution in [0.15, 0.2) is 24.3 Å². The summed E-state index contributed by atoms with van der Waals surface area (Å²) >= 11 is 0. The number of halogens is 4. The van der Waals surface area contributed by atoms with Gasteiger partial charge in [-0.15, -0.1) is 0 Å². The van der Waals surface area contributed by atoms with E-state index in [1.165, 1.54) is 18.2 Å². The Bertz CT molecular complexity index is 610. The Morgan fingerprint density at radius 2 is 2.00 bits per heavy atom. The zero-order valence-electron chi connectivity index (χ0n) is 12.5. The van der Waals surface area contributed by atoms with Gasteiger partial charge in [-0.2, -0.15) is 17.6 Å². The summed E-state index contributed by atoms with van der Waals surface area (Å²) < 4.78 is 54.7. The van der Waals surface area contributed by atoms with Gasteiger partial charge in [0, 0.05) is 19.0 Å². The summed E-state index contributed by atoms with van der Waals surface area (Å²) in [6.07, 6.45) is -7.61. The second-order valence-electron chi connectivity index (χ2n) is 5.31. The van der Waals surface area contributed by atoms with Crippen LogP contribution in [-0.2, 0) is 4.79 Å². The Morgan fingerprint density at radius 1 is 1.29 bits per heavy atom. The van der Waals surface area contributed by atoms with E-state index in [1.807, 2.05) is 0 Å². The first-order chi connectivity index (χ1) is 11.3. The lowest BCUT2D eigenvalue weighted by atomic mass is 10.1. The van der Waals surface area contributed by atoms with Crippen LogP contribution in [0.5, 0.6) is 5.75 Å². The molecule has 1 aliphatic rings. The number of carbonyl (C=O) groups excluding carboxylic acids is 2. The van der Waals surface area contributed by atoms with Gasteiger partial charge >= 0.3 is 12.5 Å². The lowest BCUT2D eigenvalue weighted by molar-refractivity contribution is -0.253. The van der Waals surface area contributed by atoms with E-state index in [-0.39, 0.29) is 23.9 Å². The number of benzene rings is 1. The maximum absolute atomic E-state index is 13.1. The highest BCUT2D eigenvalue weighted by molar-refractivity contribution is 5.97. The molecule has 1 aromatic carbocycles. The number of alkyl halides is 4. The first-order valence-electron chi connectivity index (χ1n) is 7.31. The van der Waals surface area contributed by atoms with Crippen LogP contribution >= 0.6 is 0 Å². The van der Waals surface area contributed by atoms with Crippen molar-refractivity contribution in [2.24, 2.45) is 0 Å². The van der Waals surface area contributed by atoms with Crippen molar-refractivity contribution in [3.05, 3.63) is 29.8 Å². The second kappa shape index (κ2) is 7.50. The van der Waals surface area contributed by atoms with Gasteiger partial charge in [-0.05, 0) is 25.0 Å². The van der Waals surface area contributed by atoms with E-state index in [1.54, 1.807) is 0 Å². The van der Waals surface area contributed by atoms with Gasteiger partial charge in [0.1, 0.15) is 5.75 Å². The van der Waals surface area contributed by atoms with Crippen molar-refractivity contribution in [3.8, 4) is 5.75 Å². The first kappa shape index (κ1) is 18.0. The lowest BCUT2D eigenvalue weighted by Crippen LogP contribution is -2.37. The molecule has 0 aliphatic carbocycles. The third-order valence-corrected chi connectivity index (χ3v) is 3.50. The van der Waals surface area contributed by atoms with Crippen LogP contribution in [0.25, 0.3) is 0 Å². The van der Waals surface area contributed by atoms with Gasteiger partial charge < -0.3 is 15.4 Å². The SMILES string of the molecule is O=C1CCC(NC(=O)c2ccccc2OC(F)(F)C(F)F)CCN1. The van der Waals surface area contributed by atoms with Crippen molar-refractivity contribution in [1.82, 2.24) is 10.6 Å². The molecule has 1 unspecified atom stereocenters. The fourth-order valence-corrected chi connectivity index (χ4v) is 2.27. The van der Waals surface area contributed by atoms with Gasteiger partial charge in [-0.3, -0.25) is 9.59 Å². The second-order valence-corrected chi connectivity index (χ2v) is 5.31. The van der Waals surface area contributed by atoms with E-state index >= 15 is 0 Å². The van der Waals surface area contributed by atoms with Gasteiger partial charge in [0.05, 0.1) is 5.56 Å². The molecule has 24 heavy (non-hydrogen) atoms. The fourth-order valence-electron chi connectivity index (χ4n) is 2.27. The van der Waals surface area contributed by atoms with E-state index in [4.69, 9.17) is 0 Å². The maximum Gasteiger partial charge on any atom is 0.461 e. The number of nitrogens with one attached hydrogen (secondary N) is 2. The first-order valence-corrected chi connectivity index (χ1v) is 7.31. The van der Waals surface area contributed by atoms with Gasteiger partial charge in [-0.1, -0.05) is 12.1 Å². The van der Waals surface area contributed by atoms with Crippen molar-refractivity contribution in [1.29, 1.82) is 0 Å². The molecule has 2 rings (SSSR count). The number of hydrogen-bond acceptors (Lipinski definition) is 3. The van der Waals surface area contributed by atoms with Crippen molar-refractivity contribution in [2.75, 3.05) is 6.54 Å². The highest BCUT2D eigenvalue weighted by Crippen LogP contribution is 2.29. The zero-order chi connectivity index (χ0) is 17.7. The normalized spacial score (nSPS) is 18.7. The molecule has 1 fully saturated rings. The van der Waals surface area contributed by atoms with E-state index in [0.717, 1.165) is 6.07 Å². The molecule has 0 radical (unpaired) electrons. The van der Waals surface area contributed by atoms with Crippen LogP contribution in [0.2, 0.25) is 0 Å². The number of ether oxygens (including phenoxy) is 1. The fraction of sp³-hybridized carbons (Fsp3) is 0.467. The average molecular weight is 348 g/mol. The summed E-state index contributed by atoms with van der Waals surface area (Å²) in [5, 5.41) is 5.25. The molecule has 132 valence electrons. The van der Waals surface area contributed by atoms with Crippen LogP contribution in [-0.4, -0.2) is 36.9 Å². The monoisotopic (exact) mass is 348 g/mol. The Morgan fingerprint density at radius 3 is 2.71 bits per heavy atom. The number of rotatable bonds is 5. The molecule has 9 heteroatoms. The minimum Gasteiger partial charge on any atom is -0.427 e. The minimum atomic E-state index is -4.70. The molecule has 0 saturated carbocycles. The molecule has 5 nitrogen and oxygen atoms in total. The van der Waals surface area contributed by atoms with E-state index in [2.05, 4.69) is 15.4 Å². The number of amides is 2. The molecule has 1 saturated heterocycles. The van der Waals surface area contributed by atoms with Gasteiger partial charge in [-0.25, -0.2) is 0 Å². The van der Waals surface area contributed by atoms with Gasteiger partial charge in [0.25, 0.3) is 5.91 Å². The Kier molecular flexibility index (Phi) is 5.63. The van der Waals surface area contributed by atoms with Gasteiger partial charge in [0.2, 0.25) is 5.91 Å². The summed E-state index contributed by atoms with van der Waals surface area (Å²) in [5.41, 5.74) is -0.277. The number of para-hydroxylation sites is 1. The standard InChI is InChI=1S/C15H16F4N2O3/c16-14(17)15(18,19)24-11-4-2-1-3-10(11)13(23)21-9-5-6-12(22)20-8-7-9/h1-4,9,14H,5-8H2,(H,20,22)(H,21,23). The quantitative estimate of drug-likeness (QED) is 0.803. The number of hydrogen-bond donors (Lipinski definition) is 2. The third kappa shape index (κ3) is 4.59. The van der Waals surface area contributed by atoms with Crippen LogP contribution in [0.1, 0.15) is 29.6 Å². The summed E-state index contributed by atoms with van der Waals surface area (Å²) in [6.45, 7) is 0.380. The predicted octanol–water partition coefficient (Wildman–Crippen LogP) is 2.32. The molecule has 0 bridgehead atoms. The molecule has 0 aromatic heterocycles. The van der Waals surface area contributed by atoms with Gasteiger partial charge in [0.15, 0.2) is 0 Å². The van der Waals surface area contributed by atoms with Crippen molar-refractivity contribution in [3.63, 3.8) is 0 Å². The Labute approximate surface area is 135 Å². The van der Waals surface area contributed by atoms with Crippen molar-refractivity contribution in [2.45, 2.75) is 37.8 Å². The smallest absolute Gasteiger partial charge is 0.427 e. The van der Waals surface area contributed by atoms with E-state index < -0.39 is 24.2 Å². The summed E-state index contributed by atoms with van der Waals surface area (Å²) in [7, 11) is 0. The highest BCUT2D eigenvalue weighted by Gasteiger charge is 2.44. The molecule has 1 atom stereocenters. The molecular formula is C15H16F4N2O3. The Hall–Kier alpha value is -2.32. The maximum atomic E-state index is 13.1. The van der Waals surface area contributed by atoms with Crippen molar-refractivity contribution >= 4 is 11.8 Å². The Balaban J connectivity index is 2.10.